The minimum absolute atomic E-state index is 0.0944. The van der Waals surface area contributed by atoms with Crippen LogP contribution in [0.3, 0.4) is 0 Å². The Balaban J connectivity index is 1.78. The Labute approximate surface area is 206 Å². The van der Waals surface area contributed by atoms with E-state index in [1.165, 1.54) is 5.56 Å². The van der Waals surface area contributed by atoms with E-state index in [4.69, 9.17) is 4.74 Å². The zero-order valence-corrected chi connectivity index (χ0v) is 20.7. The Morgan fingerprint density at radius 3 is 2.11 bits per heavy atom. The first kappa shape index (κ1) is 22.7. The number of phenolic OH excluding ortho intramolecular Hbond substituents is 1. The predicted octanol–water partition coefficient (Wildman–Crippen LogP) is 6.59. The van der Waals surface area contributed by atoms with Crippen LogP contribution in [0.1, 0.15) is 38.9 Å². The number of aromatic hydroxyl groups is 1. The number of fused-ring (bicyclic) bond motifs is 1. The van der Waals surface area contributed by atoms with Gasteiger partial charge in [-0.1, -0.05) is 54.6 Å². The number of amides is 1. The van der Waals surface area contributed by atoms with Crippen LogP contribution in [-0.4, -0.2) is 18.1 Å². The van der Waals surface area contributed by atoms with E-state index < -0.39 is 5.41 Å². The highest BCUT2D eigenvalue weighted by molar-refractivity contribution is 6.12. The molecule has 1 unspecified atom stereocenters. The van der Waals surface area contributed by atoms with Crippen molar-refractivity contribution in [3.63, 3.8) is 0 Å². The molecule has 2 N–H and O–H groups in total. The zero-order valence-electron chi connectivity index (χ0n) is 20.7. The summed E-state index contributed by atoms with van der Waals surface area (Å²) >= 11 is 0. The third kappa shape index (κ3) is 3.48. The number of hydrogen-bond acceptors (Lipinski definition) is 3. The highest BCUT2D eigenvalue weighted by Crippen LogP contribution is 2.50. The van der Waals surface area contributed by atoms with Gasteiger partial charge in [0.2, 0.25) is 5.91 Å². The summed E-state index contributed by atoms with van der Waals surface area (Å²) in [6, 6.07) is 24.1. The molecule has 4 nitrogen and oxygen atoms in total. The minimum atomic E-state index is -1.02. The maximum Gasteiger partial charge on any atom is 0.244 e. The number of carbonyl (C=O) groups is 1. The summed E-state index contributed by atoms with van der Waals surface area (Å²) in [7, 11) is 1.65. The Morgan fingerprint density at radius 2 is 1.43 bits per heavy atom. The second-order valence-corrected chi connectivity index (χ2v) is 9.45. The Hall–Kier alpha value is -4.05. The van der Waals surface area contributed by atoms with Gasteiger partial charge in [0, 0.05) is 11.3 Å². The van der Waals surface area contributed by atoms with Crippen molar-refractivity contribution in [2.45, 2.75) is 33.1 Å². The van der Waals surface area contributed by atoms with E-state index in [-0.39, 0.29) is 11.7 Å². The molecule has 0 radical (unpaired) electrons. The van der Waals surface area contributed by atoms with Gasteiger partial charge in [0.1, 0.15) is 16.9 Å². The lowest BCUT2D eigenvalue weighted by Crippen LogP contribution is -2.37. The van der Waals surface area contributed by atoms with Crippen LogP contribution >= 0.6 is 0 Å². The quantitative estimate of drug-likeness (QED) is 0.359. The molecule has 4 aromatic rings. The topological polar surface area (TPSA) is 58.6 Å². The molecule has 0 saturated heterocycles. The van der Waals surface area contributed by atoms with Crippen LogP contribution < -0.4 is 10.1 Å². The molecule has 5 rings (SSSR count). The third-order valence-corrected chi connectivity index (χ3v) is 7.28. The van der Waals surface area contributed by atoms with Crippen molar-refractivity contribution in [3.8, 4) is 22.6 Å². The Morgan fingerprint density at radius 1 is 0.743 bits per heavy atom. The van der Waals surface area contributed by atoms with Gasteiger partial charge in [0.25, 0.3) is 0 Å². The van der Waals surface area contributed by atoms with Gasteiger partial charge < -0.3 is 15.2 Å². The molecular weight excluding hydrogens is 434 g/mol. The number of aryl methyl sites for hydroxylation is 4. The SMILES string of the molecule is COc1cccc(-c2ccc3c(c2)NC(=O)C3(c2ccc(C)c(C)c2)c2cc(C)c(O)c(C)c2)c1. The fraction of sp³-hybridized carbons (Fsp3) is 0.194. The molecule has 4 aromatic carbocycles. The number of ether oxygens (including phenoxy) is 1. The lowest BCUT2D eigenvalue weighted by atomic mass is 9.69. The van der Waals surface area contributed by atoms with E-state index in [0.717, 1.165) is 55.9 Å². The number of rotatable bonds is 4. The molecule has 35 heavy (non-hydrogen) atoms. The minimum Gasteiger partial charge on any atom is -0.507 e. The van der Waals surface area contributed by atoms with E-state index in [2.05, 4.69) is 43.4 Å². The summed E-state index contributed by atoms with van der Waals surface area (Å²) in [5.41, 5.74) is 8.24. The lowest BCUT2D eigenvalue weighted by Gasteiger charge is -2.30. The average Bonchev–Trinajstić information content (AvgIpc) is 3.15. The highest BCUT2D eigenvalue weighted by atomic mass is 16.5. The van der Waals surface area contributed by atoms with Gasteiger partial charge in [0.15, 0.2) is 0 Å². The van der Waals surface area contributed by atoms with Crippen LogP contribution in [0, 0.1) is 27.7 Å². The summed E-state index contributed by atoms with van der Waals surface area (Å²) < 4.78 is 5.40. The molecule has 1 amide bonds. The van der Waals surface area contributed by atoms with Crippen LogP contribution in [0.4, 0.5) is 5.69 Å². The van der Waals surface area contributed by atoms with Gasteiger partial charge in [-0.3, -0.25) is 4.79 Å². The van der Waals surface area contributed by atoms with Crippen molar-refractivity contribution < 1.29 is 14.6 Å². The molecule has 0 bridgehead atoms. The average molecular weight is 464 g/mol. The second kappa shape index (κ2) is 8.31. The normalized spacial score (nSPS) is 16.7. The number of carbonyl (C=O) groups excluding carboxylic acids is 1. The molecule has 0 aliphatic carbocycles. The largest absolute Gasteiger partial charge is 0.507 e. The predicted molar refractivity (Wildman–Crippen MR) is 140 cm³/mol. The molecule has 4 heteroatoms. The monoisotopic (exact) mass is 463 g/mol. The summed E-state index contributed by atoms with van der Waals surface area (Å²) in [4.78, 5) is 14.0. The van der Waals surface area contributed by atoms with Crippen molar-refractivity contribution in [1.29, 1.82) is 0 Å². The van der Waals surface area contributed by atoms with E-state index in [0.29, 0.717) is 0 Å². The standard InChI is InChI=1S/C31H29NO3/c1-18-9-11-24(13-19(18)2)31(25-14-20(3)29(33)21(4)15-25)27-12-10-23(17-28(27)32-30(31)34)22-7-6-8-26(16-22)35-5/h6-17,33H,1-5H3,(H,32,34). The Kier molecular flexibility index (Phi) is 5.40. The molecule has 0 spiro atoms. The molecule has 1 aliphatic rings. The number of phenols is 1. The van der Waals surface area contributed by atoms with Crippen LogP contribution in [0.2, 0.25) is 0 Å². The molecule has 1 aliphatic heterocycles. The van der Waals surface area contributed by atoms with E-state index in [9.17, 15) is 9.90 Å². The number of hydrogen-bond donors (Lipinski definition) is 2. The summed E-state index contributed by atoms with van der Waals surface area (Å²) in [5.74, 6) is 0.950. The lowest BCUT2D eigenvalue weighted by molar-refractivity contribution is -0.118. The van der Waals surface area contributed by atoms with Crippen molar-refractivity contribution in [2.75, 3.05) is 12.4 Å². The summed E-state index contributed by atoms with van der Waals surface area (Å²) in [6.45, 7) is 7.89. The van der Waals surface area contributed by atoms with Gasteiger partial charge in [-0.15, -0.1) is 0 Å². The van der Waals surface area contributed by atoms with Crippen LogP contribution in [-0.2, 0) is 10.2 Å². The van der Waals surface area contributed by atoms with Crippen LogP contribution in [0.25, 0.3) is 11.1 Å². The maximum absolute atomic E-state index is 14.0. The fourth-order valence-corrected chi connectivity index (χ4v) is 5.18. The van der Waals surface area contributed by atoms with Crippen molar-refractivity contribution >= 4 is 11.6 Å². The number of methoxy groups -OCH3 is 1. The fourth-order valence-electron chi connectivity index (χ4n) is 5.18. The molecule has 1 heterocycles. The molecular formula is C31H29NO3. The van der Waals surface area contributed by atoms with Crippen molar-refractivity contribution in [3.05, 3.63) is 112 Å². The molecule has 176 valence electrons. The van der Waals surface area contributed by atoms with Crippen LogP contribution in [0.5, 0.6) is 11.5 Å². The third-order valence-electron chi connectivity index (χ3n) is 7.28. The van der Waals surface area contributed by atoms with Crippen molar-refractivity contribution in [2.24, 2.45) is 0 Å². The van der Waals surface area contributed by atoms with Gasteiger partial charge >= 0.3 is 0 Å². The van der Waals surface area contributed by atoms with Gasteiger partial charge in [-0.2, -0.15) is 0 Å². The van der Waals surface area contributed by atoms with E-state index >= 15 is 0 Å². The van der Waals surface area contributed by atoms with Gasteiger partial charge in [0.05, 0.1) is 7.11 Å². The van der Waals surface area contributed by atoms with Gasteiger partial charge in [-0.05, 0) is 90.4 Å². The first-order chi connectivity index (χ1) is 16.7. The maximum atomic E-state index is 14.0. The smallest absolute Gasteiger partial charge is 0.244 e. The Bertz CT molecular complexity index is 1460. The zero-order chi connectivity index (χ0) is 24.9. The van der Waals surface area contributed by atoms with E-state index in [1.807, 2.05) is 62.4 Å². The second-order valence-electron chi connectivity index (χ2n) is 9.45. The molecule has 0 aromatic heterocycles. The molecule has 0 saturated carbocycles. The number of benzene rings is 4. The highest BCUT2D eigenvalue weighted by Gasteiger charge is 2.50. The number of nitrogens with one attached hydrogen (secondary N) is 1. The van der Waals surface area contributed by atoms with Crippen molar-refractivity contribution in [1.82, 2.24) is 0 Å². The van der Waals surface area contributed by atoms with Crippen LogP contribution in [0.15, 0.2) is 72.8 Å². The van der Waals surface area contributed by atoms with E-state index in [1.54, 1.807) is 7.11 Å². The first-order valence-corrected chi connectivity index (χ1v) is 11.7. The first-order valence-electron chi connectivity index (χ1n) is 11.7. The summed E-state index contributed by atoms with van der Waals surface area (Å²) in [6.07, 6.45) is 0. The molecule has 1 atom stereocenters. The number of anilines is 1. The molecule has 0 fully saturated rings. The summed E-state index contributed by atoms with van der Waals surface area (Å²) in [5, 5.41) is 13.6. The van der Waals surface area contributed by atoms with Gasteiger partial charge in [-0.25, -0.2) is 0 Å².